The average Bonchev–Trinajstić information content (AvgIpc) is 2.49. The number of guanidine groups is 1. The highest BCUT2D eigenvalue weighted by molar-refractivity contribution is 14.0. The van der Waals surface area contributed by atoms with Gasteiger partial charge in [-0.2, -0.15) is 0 Å². The van der Waals surface area contributed by atoms with Crippen LogP contribution in [0.1, 0.15) is 20.8 Å². The molecule has 1 aromatic carbocycles. The molecular weight excluding hydrogens is 412 g/mol. The Balaban J connectivity index is 0.00000484. The predicted octanol–water partition coefficient (Wildman–Crippen LogP) is 2.80. The van der Waals surface area contributed by atoms with Crippen molar-refractivity contribution in [3.63, 3.8) is 0 Å². The summed E-state index contributed by atoms with van der Waals surface area (Å²) in [4.78, 5) is 4.45. The van der Waals surface area contributed by atoms with Crippen molar-refractivity contribution in [2.45, 2.75) is 26.9 Å². The predicted molar refractivity (Wildman–Crippen MR) is 102 cm³/mol. The molecule has 1 unspecified atom stereocenters. The number of ether oxygens (including phenoxy) is 2. The number of hydrogen-bond acceptors (Lipinski definition) is 3. The fraction of sp³-hybridized carbons (Fsp3) is 0.562. The van der Waals surface area contributed by atoms with E-state index in [1.54, 1.807) is 12.1 Å². The van der Waals surface area contributed by atoms with Crippen LogP contribution in [0.2, 0.25) is 0 Å². The maximum atomic E-state index is 13.1. The van der Waals surface area contributed by atoms with Crippen LogP contribution < -0.4 is 15.4 Å². The quantitative estimate of drug-likeness (QED) is 0.269. The lowest BCUT2D eigenvalue weighted by Gasteiger charge is -2.15. The third-order valence-electron chi connectivity index (χ3n) is 2.73. The normalized spacial score (nSPS) is 12.3. The van der Waals surface area contributed by atoms with Gasteiger partial charge in [-0.3, -0.25) is 0 Å². The van der Waals surface area contributed by atoms with Gasteiger partial charge >= 0.3 is 0 Å². The second kappa shape index (κ2) is 13.4. The van der Waals surface area contributed by atoms with Gasteiger partial charge in [0.1, 0.15) is 17.7 Å². The summed E-state index contributed by atoms with van der Waals surface area (Å²) in [5, 5.41) is 6.34. The van der Waals surface area contributed by atoms with E-state index in [1.165, 1.54) is 12.1 Å². The van der Waals surface area contributed by atoms with E-state index in [2.05, 4.69) is 15.6 Å². The van der Waals surface area contributed by atoms with Gasteiger partial charge in [-0.15, -0.1) is 24.0 Å². The molecule has 0 spiro atoms. The molecular formula is C16H27FIN3O2. The van der Waals surface area contributed by atoms with Crippen molar-refractivity contribution in [1.29, 1.82) is 0 Å². The van der Waals surface area contributed by atoms with E-state index < -0.39 is 0 Å². The summed E-state index contributed by atoms with van der Waals surface area (Å²) in [6.45, 7) is 9.15. The number of halogens is 2. The van der Waals surface area contributed by atoms with Crippen LogP contribution in [0, 0.1) is 5.82 Å². The Hall–Kier alpha value is -1.09. The second-order valence-corrected chi connectivity index (χ2v) is 4.73. The molecule has 1 atom stereocenters. The van der Waals surface area contributed by atoms with Crippen molar-refractivity contribution in [2.75, 3.05) is 32.8 Å². The second-order valence-electron chi connectivity index (χ2n) is 4.73. The molecule has 7 heteroatoms. The highest BCUT2D eigenvalue weighted by Crippen LogP contribution is 2.13. The Morgan fingerprint density at radius 2 is 2.09 bits per heavy atom. The summed E-state index contributed by atoms with van der Waals surface area (Å²) in [6, 6.07) is 6.11. The zero-order valence-electron chi connectivity index (χ0n) is 14.0. The van der Waals surface area contributed by atoms with Crippen LogP contribution in [0.5, 0.6) is 5.75 Å². The molecule has 1 rings (SSSR count). The first kappa shape index (κ1) is 21.9. The molecule has 132 valence electrons. The molecule has 0 heterocycles. The minimum absolute atomic E-state index is 0. The van der Waals surface area contributed by atoms with E-state index in [1.807, 2.05) is 20.8 Å². The topological polar surface area (TPSA) is 54.9 Å². The summed E-state index contributed by atoms with van der Waals surface area (Å²) in [5.74, 6) is 0.924. The number of nitrogens with one attached hydrogen (secondary N) is 2. The summed E-state index contributed by atoms with van der Waals surface area (Å²) in [5.41, 5.74) is 0. The van der Waals surface area contributed by atoms with Gasteiger partial charge in [-0.25, -0.2) is 9.38 Å². The molecule has 0 aromatic heterocycles. The van der Waals surface area contributed by atoms with Crippen molar-refractivity contribution in [3.8, 4) is 5.75 Å². The van der Waals surface area contributed by atoms with E-state index in [0.717, 1.165) is 12.5 Å². The first-order valence-electron chi connectivity index (χ1n) is 7.67. The number of aliphatic imine (C=N–C) groups is 1. The Labute approximate surface area is 155 Å². The lowest BCUT2D eigenvalue weighted by molar-refractivity contribution is 0.152. The Morgan fingerprint density at radius 3 is 2.74 bits per heavy atom. The molecule has 0 radical (unpaired) electrons. The minimum atomic E-state index is -0.306. The molecule has 1 aromatic rings. The summed E-state index contributed by atoms with van der Waals surface area (Å²) >= 11 is 0. The van der Waals surface area contributed by atoms with E-state index in [-0.39, 0.29) is 35.9 Å². The van der Waals surface area contributed by atoms with Gasteiger partial charge < -0.3 is 20.1 Å². The van der Waals surface area contributed by atoms with Gasteiger partial charge in [-0.05, 0) is 32.9 Å². The lowest BCUT2D eigenvalue weighted by atomic mass is 10.3. The monoisotopic (exact) mass is 439 g/mol. The smallest absolute Gasteiger partial charge is 0.191 e. The molecule has 0 bridgehead atoms. The molecule has 0 aliphatic rings. The van der Waals surface area contributed by atoms with Crippen molar-refractivity contribution in [2.24, 2.45) is 4.99 Å². The molecule has 5 nitrogen and oxygen atoms in total. The van der Waals surface area contributed by atoms with Crippen LogP contribution >= 0.6 is 24.0 Å². The summed E-state index contributed by atoms with van der Waals surface area (Å²) in [6.07, 6.45) is -0.149. The largest absolute Gasteiger partial charge is 0.489 e. The van der Waals surface area contributed by atoms with Crippen molar-refractivity contribution >= 4 is 29.9 Å². The lowest BCUT2D eigenvalue weighted by Crippen LogP contribution is -2.39. The molecule has 0 saturated carbocycles. The molecule has 0 aliphatic carbocycles. The number of nitrogens with zero attached hydrogens (tertiary/aromatic N) is 1. The van der Waals surface area contributed by atoms with Crippen LogP contribution in [0.4, 0.5) is 4.39 Å². The van der Waals surface area contributed by atoms with Gasteiger partial charge in [0.25, 0.3) is 0 Å². The minimum Gasteiger partial charge on any atom is -0.489 e. The fourth-order valence-corrected chi connectivity index (χ4v) is 1.76. The van der Waals surface area contributed by atoms with Crippen LogP contribution in [-0.4, -0.2) is 44.9 Å². The number of benzene rings is 1. The van der Waals surface area contributed by atoms with Crippen molar-refractivity contribution in [1.82, 2.24) is 10.6 Å². The SMILES string of the molecule is CCNC(=NCC(C)Oc1cccc(F)c1)NCCOCC.I. The van der Waals surface area contributed by atoms with Gasteiger partial charge in [0, 0.05) is 25.8 Å². The Morgan fingerprint density at radius 1 is 1.30 bits per heavy atom. The highest BCUT2D eigenvalue weighted by atomic mass is 127. The molecule has 2 N–H and O–H groups in total. The van der Waals surface area contributed by atoms with Gasteiger partial charge in [0.05, 0.1) is 13.2 Å². The average molecular weight is 439 g/mol. The molecule has 0 saturated heterocycles. The molecule has 0 amide bonds. The molecule has 0 fully saturated rings. The Kier molecular flexibility index (Phi) is 12.7. The Bertz CT molecular complexity index is 461. The number of hydrogen-bond donors (Lipinski definition) is 2. The molecule has 0 aliphatic heterocycles. The maximum absolute atomic E-state index is 13.1. The van der Waals surface area contributed by atoms with Crippen LogP contribution in [0.3, 0.4) is 0 Å². The van der Waals surface area contributed by atoms with Gasteiger partial charge in [0.2, 0.25) is 0 Å². The number of rotatable bonds is 9. The summed E-state index contributed by atoms with van der Waals surface area (Å²) in [7, 11) is 0. The first-order valence-corrected chi connectivity index (χ1v) is 7.67. The zero-order chi connectivity index (χ0) is 16.2. The third-order valence-corrected chi connectivity index (χ3v) is 2.73. The summed E-state index contributed by atoms with van der Waals surface area (Å²) < 4.78 is 24.0. The standard InChI is InChI=1S/C16H26FN3O2.HI/c1-4-18-16(19-9-10-21-5-2)20-12-13(3)22-15-8-6-7-14(17)11-15;/h6-8,11,13H,4-5,9-10,12H2,1-3H3,(H2,18,19,20);1H. The zero-order valence-corrected chi connectivity index (χ0v) is 16.3. The highest BCUT2D eigenvalue weighted by Gasteiger charge is 2.05. The first-order chi connectivity index (χ1) is 10.7. The van der Waals surface area contributed by atoms with Crippen molar-refractivity contribution < 1.29 is 13.9 Å². The fourth-order valence-electron chi connectivity index (χ4n) is 1.76. The maximum Gasteiger partial charge on any atom is 0.191 e. The van der Waals surface area contributed by atoms with Crippen LogP contribution in [0.15, 0.2) is 29.3 Å². The van der Waals surface area contributed by atoms with Crippen molar-refractivity contribution in [3.05, 3.63) is 30.1 Å². The van der Waals surface area contributed by atoms with E-state index >= 15 is 0 Å². The van der Waals surface area contributed by atoms with E-state index in [4.69, 9.17) is 9.47 Å². The van der Waals surface area contributed by atoms with Crippen LogP contribution in [-0.2, 0) is 4.74 Å². The van der Waals surface area contributed by atoms with E-state index in [0.29, 0.717) is 32.1 Å². The van der Waals surface area contributed by atoms with Gasteiger partial charge in [-0.1, -0.05) is 6.07 Å². The third kappa shape index (κ3) is 10.3. The van der Waals surface area contributed by atoms with Crippen LogP contribution in [0.25, 0.3) is 0 Å². The molecule has 23 heavy (non-hydrogen) atoms. The van der Waals surface area contributed by atoms with Gasteiger partial charge in [0.15, 0.2) is 5.96 Å². The van der Waals surface area contributed by atoms with E-state index in [9.17, 15) is 4.39 Å².